The first kappa shape index (κ1) is 16.1. The number of carbonyl (C=O) groups excluding carboxylic acids is 1. The van der Waals surface area contributed by atoms with Crippen molar-refractivity contribution in [2.45, 2.75) is 39.2 Å². The second-order valence-electron chi connectivity index (χ2n) is 6.20. The van der Waals surface area contributed by atoms with E-state index >= 15 is 0 Å². The molecule has 0 saturated carbocycles. The molecule has 1 amide bonds. The Kier molecular flexibility index (Phi) is 4.71. The number of rotatable bonds is 6. The third-order valence-corrected chi connectivity index (χ3v) is 4.55. The van der Waals surface area contributed by atoms with Crippen molar-refractivity contribution in [2.75, 3.05) is 13.6 Å². The molecule has 1 aliphatic rings. The molecule has 1 N–H and O–H groups in total. The number of halogens is 1. The number of aromatic nitrogens is 4. The predicted molar refractivity (Wildman–Crippen MR) is 89.2 cm³/mol. The number of hydrogen-bond acceptors (Lipinski definition) is 3. The summed E-state index contributed by atoms with van der Waals surface area (Å²) in [7, 11) is 1.85. The maximum Gasteiger partial charge on any atom is 0.222 e. The van der Waals surface area contributed by atoms with Gasteiger partial charge in [-0.05, 0) is 6.42 Å². The summed E-state index contributed by atoms with van der Waals surface area (Å²) >= 11 is 6.32. The molecule has 3 rings (SSSR count). The molecule has 7 heteroatoms. The Bertz CT molecular complexity index is 692. The molecule has 124 valence electrons. The number of H-pyrrole nitrogens is 1. The summed E-state index contributed by atoms with van der Waals surface area (Å²) in [5.74, 6) is 2.17. The fraction of sp³-hybridized carbons (Fsp3) is 0.562. The van der Waals surface area contributed by atoms with Gasteiger partial charge < -0.3 is 14.5 Å². The smallest absolute Gasteiger partial charge is 0.222 e. The fourth-order valence-corrected chi connectivity index (χ4v) is 3.28. The van der Waals surface area contributed by atoms with E-state index < -0.39 is 0 Å². The maximum atomic E-state index is 11.7. The molecule has 1 atom stereocenters. The Labute approximate surface area is 140 Å². The molecule has 1 fully saturated rings. The van der Waals surface area contributed by atoms with Crippen LogP contribution in [0, 0.1) is 5.92 Å². The van der Waals surface area contributed by atoms with Crippen LogP contribution in [-0.4, -0.2) is 43.9 Å². The maximum absolute atomic E-state index is 11.7. The SMILES string of the molecule is CCCCc1nc(-c2nccn2CC2CC(=O)N(C)C2)c(Cl)[nH]1. The third kappa shape index (κ3) is 3.42. The average Bonchev–Trinajstić information content (AvgIpc) is 3.18. The molecule has 0 aromatic carbocycles. The summed E-state index contributed by atoms with van der Waals surface area (Å²) < 4.78 is 2.04. The first-order chi connectivity index (χ1) is 11.1. The van der Waals surface area contributed by atoms with Crippen molar-refractivity contribution in [3.05, 3.63) is 23.4 Å². The topological polar surface area (TPSA) is 66.8 Å². The second-order valence-corrected chi connectivity index (χ2v) is 6.58. The lowest BCUT2D eigenvalue weighted by Gasteiger charge is -2.12. The Balaban J connectivity index is 1.78. The van der Waals surface area contributed by atoms with Crippen molar-refractivity contribution in [1.29, 1.82) is 0 Å². The second kappa shape index (κ2) is 6.74. The molecule has 3 heterocycles. The van der Waals surface area contributed by atoms with Crippen molar-refractivity contribution in [3.8, 4) is 11.5 Å². The number of aromatic amines is 1. The molecule has 1 saturated heterocycles. The summed E-state index contributed by atoms with van der Waals surface area (Å²) in [5, 5.41) is 0.531. The van der Waals surface area contributed by atoms with Gasteiger partial charge in [0.2, 0.25) is 5.91 Å². The summed E-state index contributed by atoms with van der Waals surface area (Å²) in [4.78, 5) is 25.6. The van der Waals surface area contributed by atoms with E-state index in [-0.39, 0.29) is 5.91 Å². The van der Waals surface area contributed by atoms with Crippen LogP contribution in [0.2, 0.25) is 5.15 Å². The molecule has 0 aliphatic carbocycles. The minimum atomic E-state index is 0.205. The van der Waals surface area contributed by atoms with Gasteiger partial charge in [-0.3, -0.25) is 4.79 Å². The van der Waals surface area contributed by atoms with Crippen LogP contribution >= 0.6 is 11.6 Å². The zero-order valence-electron chi connectivity index (χ0n) is 13.5. The van der Waals surface area contributed by atoms with Crippen molar-refractivity contribution in [1.82, 2.24) is 24.4 Å². The van der Waals surface area contributed by atoms with E-state index in [2.05, 4.69) is 21.9 Å². The van der Waals surface area contributed by atoms with Crippen LogP contribution in [0.5, 0.6) is 0 Å². The van der Waals surface area contributed by atoms with E-state index in [1.807, 2.05) is 17.8 Å². The summed E-state index contributed by atoms with van der Waals surface area (Å²) in [6.07, 6.45) is 7.35. The highest BCUT2D eigenvalue weighted by Crippen LogP contribution is 2.27. The van der Waals surface area contributed by atoms with Crippen molar-refractivity contribution < 1.29 is 4.79 Å². The van der Waals surface area contributed by atoms with Crippen LogP contribution in [-0.2, 0) is 17.8 Å². The third-order valence-electron chi connectivity index (χ3n) is 4.28. The highest BCUT2D eigenvalue weighted by atomic mass is 35.5. The predicted octanol–water partition coefficient (Wildman–Crippen LogP) is 2.75. The van der Waals surface area contributed by atoms with Crippen molar-refractivity contribution >= 4 is 17.5 Å². The molecule has 1 aliphatic heterocycles. The Morgan fingerprint density at radius 1 is 1.48 bits per heavy atom. The minimum Gasteiger partial charge on any atom is -0.345 e. The fourth-order valence-electron chi connectivity index (χ4n) is 3.04. The number of aryl methyl sites for hydroxylation is 1. The number of imidazole rings is 2. The van der Waals surface area contributed by atoms with E-state index in [0.29, 0.717) is 23.2 Å². The molecule has 2 aromatic rings. The van der Waals surface area contributed by atoms with Crippen LogP contribution in [0.15, 0.2) is 12.4 Å². The normalized spacial score (nSPS) is 18.1. The van der Waals surface area contributed by atoms with E-state index in [1.165, 1.54) is 0 Å². The molecular formula is C16H22ClN5O. The Hall–Kier alpha value is -1.82. The van der Waals surface area contributed by atoms with Gasteiger partial charge >= 0.3 is 0 Å². The first-order valence-electron chi connectivity index (χ1n) is 8.08. The molecule has 0 bridgehead atoms. The standard InChI is InChI=1S/C16H22ClN5O/c1-3-4-5-12-19-14(15(17)20-12)16-18-6-7-22(16)10-11-8-13(23)21(2)9-11/h6-7,11H,3-5,8-10H2,1-2H3,(H,19,20). The molecule has 6 nitrogen and oxygen atoms in total. The number of carbonyl (C=O) groups is 1. The number of nitrogens with zero attached hydrogens (tertiary/aromatic N) is 4. The first-order valence-corrected chi connectivity index (χ1v) is 8.46. The minimum absolute atomic E-state index is 0.205. The molecule has 23 heavy (non-hydrogen) atoms. The van der Waals surface area contributed by atoms with Crippen LogP contribution in [0.1, 0.15) is 32.0 Å². The number of hydrogen-bond donors (Lipinski definition) is 1. The largest absolute Gasteiger partial charge is 0.345 e. The van der Waals surface area contributed by atoms with Gasteiger partial charge in [0.25, 0.3) is 0 Å². The molecule has 2 aromatic heterocycles. The van der Waals surface area contributed by atoms with E-state index in [9.17, 15) is 4.79 Å². The van der Waals surface area contributed by atoms with E-state index in [4.69, 9.17) is 11.6 Å². The van der Waals surface area contributed by atoms with Crippen LogP contribution in [0.3, 0.4) is 0 Å². The molecule has 0 spiro atoms. The van der Waals surface area contributed by atoms with E-state index in [0.717, 1.165) is 44.0 Å². The zero-order chi connectivity index (χ0) is 16.4. The van der Waals surface area contributed by atoms with Gasteiger partial charge in [0, 0.05) is 51.3 Å². The highest BCUT2D eigenvalue weighted by molar-refractivity contribution is 6.31. The zero-order valence-corrected chi connectivity index (χ0v) is 14.3. The summed E-state index contributed by atoms with van der Waals surface area (Å²) in [6.45, 7) is 3.68. The van der Waals surface area contributed by atoms with Crippen LogP contribution in [0.4, 0.5) is 0 Å². The number of likely N-dealkylation sites (tertiary alicyclic amines) is 1. The Morgan fingerprint density at radius 3 is 3.00 bits per heavy atom. The lowest BCUT2D eigenvalue weighted by atomic mass is 10.1. The van der Waals surface area contributed by atoms with Gasteiger partial charge in [-0.25, -0.2) is 9.97 Å². The summed E-state index contributed by atoms with van der Waals surface area (Å²) in [6, 6.07) is 0. The number of amides is 1. The quantitative estimate of drug-likeness (QED) is 0.882. The highest BCUT2D eigenvalue weighted by Gasteiger charge is 2.28. The van der Waals surface area contributed by atoms with E-state index in [1.54, 1.807) is 11.1 Å². The van der Waals surface area contributed by atoms with Gasteiger partial charge in [0.15, 0.2) is 5.82 Å². The van der Waals surface area contributed by atoms with Crippen molar-refractivity contribution in [2.24, 2.45) is 5.92 Å². The molecule has 1 unspecified atom stereocenters. The summed E-state index contributed by atoms with van der Waals surface area (Å²) in [5.41, 5.74) is 0.695. The lowest BCUT2D eigenvalue weighted by molar-refractivity contribution is -0.126. The van der Waals surface area contributed by atoms with Gasteiger partial charge in [-0.1, -0.05) is 24.9 Å². The van der Waals surface area contributed by atoms with Gasteiger partial charge in [-0.15, -0.1) is 0 Å². The van der Waals surface area contributed by atoms with Crippen molar-refractivity contribution in [3.63, 3.8) is 0 Å². The van der Waals surface area contributed by atoms with Crippen LogP contribution in [0.25, 0.3) is 11.5 Å². The van der Waals surface area contributed by atoms with Crippen LogP contribution < -0.4 is 0 Å². The molecular weight excluding hydrogens is 314 g/mol. The monoisotopic (exact) mass is 335 g/mol. The van der Waals surface area contributed by atoms with Gasteiger partial charge in [0.1, 0.15) is 16.7 Å². The molecule has 0 radical (unpaired) electrons. The Morgan fingerprint density at radius 2 is 2.30 bits per heavy atom. The van der Waals surface area contributed by atoms with Gasteiger partial charge in [0.05, 0.1) is 0 Å². The van der Waals surface area contributed by atoms with Gasteiger partial charge in [-0.2, -0.15) is 0 Å². The number of unbranched alkanes of at least 4 members (excludes halogenated alkanes) is 1. The lowest BCUT2D eigenvalue weighted by Crippen LogP contribution is -2.20. The average molecular weight is 336 g/mol. The number of nitrogens with one attached hydrogen (secondary N) is 1.